The second-order valence-electron chi connectivity index (χ2n) is 6.04. The number of alkyl halides is 1. The fraction of sp³-hybridized carbons (Fsp3) is 0.562. The fourth-order valence-corrected chi connectivity index (χ4v) is 3.37. The molecule has 1 aliphatic heterocycles. The topological polar surface area (TPSA) is 29.5 Å². The van der Waals surface area contributed by atoms with Crippen molar-refractivity contribution in [1.29, 1.82) is 0 Å². The number of nitrogens with zero attached hydrogens (tertiary/aromatic N) is 1. The van der Waals surface area contributed by atoms with Crippen molar-refractivity contribution in [3.05, 3.63) is 33.8 Å². The van der Waals surface area contributed by atoms with Gasteiger partial charge >= 0.3 is 6.09 Å². The van der Waals surface area contributed by atoms with E-state index in [-0.39, 0.29) is 6.54 Å². The molecule has 1 heterocycles. The first-order valence-corrected chi connectivity index (χ1v) is 8.02. The minimum absolute atomic E-state index is 0.0383. The van der Waals surface area contributed by atoms with Gasteiger partial charge in [0, 0.05) is 16.6 Å². The third-order valence-corrected chi connectivity index (χ3v) is 4.36. The first-order chi connectivity index (χ1) is 9.84. The second-order valence-corrected chi connectivity index (χ2v) is 6.89. The Morgan fingerprint density at radius 3 is 2.90 bits per heavy atom. The van der Waals surface area contributed by atoms with E-state index in [0.717, 1.165) is 22.9 Å². The smallest absolute Gasteiger partial charge is 0.410 e. The normalized spacial score (nSPS) is 18.3. The number of rotatable bonds is 3. The summed E-state index contributed by atoms with van der Waals surface area (Å²) in [5, 5.41) is 0. The molecule has 3 nitrogen and oxygen atoms in total. The van der Waals surface area contributed by atoms with Crippen LogP contribution >= 0.6 is 15.9 Å². The number of carbonyl (C=O) groups is 1. The van der Waals surface area contributed by atoms with Crippen molar-refractivity contribution in [2.75, 3.05) is 6.54 Å². The quantitative estimate of drug-likeness (QED) is 0.762. The lowest BCUT2D eigenvalue weighted by molar-refractivity contribution is 0.000604. The number of halogens is 2. The third kappa shape index (κ3) is 3.76. The summed E-state index contributed by atoms with van der Waals surface area (Å²) >= 11 is 3.37. The maximum Gasteiger partial charge on any atom is 0.410 e. The number of benzene rings is 1. The molecule has 1 aliphatic rings. The van der Waals surface area contributed by atoms with E-state index in [0.29, 0.717) is 12.1 Å². The van der Waals surface area contributed by atoms with Crippen LogP contribution in [0.2, 0.25) is 0 Å². The molecule has 2 rings (SSSR count). The predicted molar refractivity (Wildman–Crippen MR) is 83.9 cm³/mol. The number of ether oxygens (including phenoxy) is 1. The Labute approximate surface area is 133 Å². The van der Waals surface area contributed by atoms with Gasteiger partial charge in [0.2, 0.25) is 0 Å². The molecule has 116 valence electrons. The Balaban J connectivity index is 2.12. The van der Waals surface area contributed by atoms with Crippen molar-refractivity contribution < 1.29 is 13.9 Å². The Kier molecular flexibility index (Phi) is 4.91. The maximum atomic E-state index is 14.3. The molecular formula is C16H21BrFNO2. The van der Waals surface area contributed by atoms with Crippen LogP contribution in [0.1, 0.15) is 50.9 Å². The van der Waals surface area contributed by atoms with Crippen LogP contribution in [0.5, 0.6) is 0 Å². The van der Waals surface area contributed by atoms with Crippen molar-refractivity contribution in [2.45, 2.75) is 51.9 Å². The minimum atomic E-state index is -1.19. The van der Waals surface area contributed by atoms with Gasteiger partial charge in [0.25, 0.3) is 0 Å². The standard InChI is InChI=1S/C16H21BrFNO2/c1-4-8-16(2,3)21-15(20)19-9-11-6-5-7-12(17)14(11)13(18)10-19/h5-7,13H,4,8-10H2,1-3H3. The summed E-state index contributed by atoms with van der Waals surface area (Å²) in [6.07, 6.45) is 0.0862. The molecular weight excluding hydrogens is 337 g/mol. The van der Waals surface area contributed by atoms with Crippen LogP contribution in [-0.4, -0.2) is 23.1 Å². The molecule has 1 aromatic rings. The molecule has 1 aromatic carbocycles. The summed E-state index contributed by atoms with van der Waals surface area (Å²) in [7, 11) is 0. The second kappa shape index (κ2) is 6.34. The maximum absolute atomic E-state index is 14.3. The van der Waals surface area contributed by atoms with Crippen LogP contribution in [0, 0.1) is 0 Å². The van der Waals surface area contributed by atoms with Crippen LogP contribution in [-0.2, 0) is 11.3 Å². The highest BCUT2D eigenvalue weighted by Gasteiger charge is 2.32. The van der Waals surface area contributed by atoms with Gasteiger partial charge in [-0.15, -0.1) is 0 Å². The van der Waals surface area contributed by atoms with E-state index in [9.17, 15) is 9.18 Å². The van der Waals surface area contributed by atoms with Gasteiger partial charge in [0.1, 0.15) is 11.8 Å². The van der Waals surface area contributed by atoms with Gasteiger partial charge in [-0.25, -0.2) is 9.18 Å². The SMILES string of the molecule is CCCC(C)(C)OC(=O)N1Cc2cccc(Br)c2C(F)C1. The largest absolute Gasteiger partial charge is 0.443 e. The van der Waals surface area contributed by atoms with E-state index in [1.807, 2.05) is 39.0 Å². The molecule has 5 heteroatoms. The van der Waals surface area contributed by atoms with Crippen molar-refractivity contribution >= 4 is 22.0 Å². The molecule has 0 radical (unpaired) electrons. The average molecular weight is 358 g/mol. The van der Waals surface area contributed by atoms with Gasteiger partial charge < -0.3 is 9.64 Å². The number of carbonyl (C=O) groups excluding carboxylic acids is 1. The van der Waals surface area contributed by atoms with Crippen LogP contribution in [0.25, 0.3) is 0 Å². The highest BCUT2D eigenvalue weighted by molar-refractivity contribution is 9.10. The number of fused-ring (bicyclic) bond motifs is 1. The summed E-state index contributed by atoms with van der Waals surface area (Å²) in [5.74, 6) is 0. The molecule has 0 aromatic heterocycles. The highest BCUT2D eigenvalue weighted by Crippen LogP contribution is 2.35. The van der Waals surface area contributed by atoms with E-state index in [1.54, 1.807) is 0 Å². The molecule has 0 spiro atoms. The molecule has 0 saturated heterocycles. The summed E-state index contributed by atoms with van der Waals surface area (Å²) < 4.78 is 20.6. The predicted octanol–water partition coefficient (Wildman–Crippen LogP) is 4.99. The van der Waals surface area contributed by atoms with Crippen LogP contribution in [0.3, 0.4) is 0 Å². The van der Waals surface area contributed by atoms with E-state index in [2.05, 4.69) is 15.9 Å². The summed E-state index contributed by atoms with van der Waals surface area (Å²) in [4.78, 5) is 13.7. The van der Waals surface area contributed by atoms with Gasteiger partial charge in [-0.3, -0.25) is 0 Å². The molecule has 21 heavy (non-hydrogen) atoms. The summed E-state index contributed by atoms with van der Waals surface area (Å²) in [6.45, 7) is 6.24. The molecule has 0 fully saturated rings. The summed E-state index contributed by atoms with van der Waals surface area (Å²) in [6, 6.07) is 5.53. The Morgan fingerprint density at radius 1 is 1.52 bits per heavy atom. The van der Waals surface area contributed by atoms with E-state index >= 15 is 0 Å². The van der Waals surface area contributed by atoms with Gasteiger partial charge in [-0.05, 0) is 31.9 Å². The van der Waals surface area contributed by atoms with E-state index < -0.39 is 17.9 Å². The van der Waals surface area contributed by atoms with Crippen molar-refractivity contribution in [3.63, 3.8) is 0 Å². The number of hydrogen-bond donors (Lipinski definition) is 0. The lowest BCUT2D eigenvalue weighted by atomic mass is 9.98. The lowest BCUT2D eigenvalue weighted by Crippen LogP contribution is -2.41. The van der Waals surface area contributed by atoms with E-state index in [4.69, 9.17) is 4.74 Å². The Morgan fingerprint density at radius 2 is 2.24 bits per heavy atom. The monoisotopic (exact) mass is 357 g/mol. The van der Waals surface area contributed by atoms with Crippen LogP contribution < -0.4 is 0 Å². The van der Waals surface area contributed by atoms with Crippen molar-refractivity contribution in [3.8, 4) is 0 Å². The molecule has 1 unspecified atom stereocenters. The number of hydrogen-bond acceptors (Lipinski definition) is 2. The minimum Gasteiger partial charge on any atom is -0.443 e. The van der Waals surface area contributed by atoms with Crippen LogP contribution in [0.15, 0.2) is 22.7 Å². The average Bonchev–Trinajstić information content (AvgIpc) is 2.37. The molecule has 0 N–H and O–H groups in total. The zero-order chi connectivity index (χ0) is 15.6. The summed E-state index contributed by atoms with van der Waals surface area (Å²) in [5.41, 5.74) is 0.956. The van der Waals surface area contributed by atoms with Gasteiger partial charge in [0.15, 0.2) is 0 Å². The molecule has 1 atom stereocenters. The van der Waals surface area contributed by atoms with Crippen molar-refractivity contribution in [2.24, 2.45) is 0 Å². The first kappa shape index (κ1) is 16.3. The number of amides is 1. The molecule has 1 amide bonds. The highest BCUT2D eigenvalue weighted by atomic mass is 79.9. The van der Waals surface area contributed by atoms with Gasteiger partial charge in [0.05, 0.1) is 6.54 Å². The Bertz CT molecular complexity index is 533. The van der Waals surface area contributed by atoms with E-state index in [1.165, 1.54) is 4.90 Å². The van der Waals surface area contributed by atoms with Crippen LogP contribution in [0.4, 0.5) is 9.18 Å². The Hall–Kier alpha value is -1.10. The van der Waals surface area contributed by atoms with Gasteiger partial charge in [-0.1, -0.05) is 41.4 Å². The first-order valence-electron chi connectivity index (χ1n) is 7.23. The third-order valence-electron chi connectivity index (χ3n) is 3.67. The lowest BCUT2D eigenvalue weighted by Gasteiger charge is -2.34. The van der Waals surface area contributed by atoms with Crippen molar-refractivity contribution in [1.82, 2.24) is 4.90 Å². The molecule has 0 bridgehead atoms. The zero-order valence-corrected chi connectivity index (χ0v) is 14.2. The molecule has 0 aliphatic carbocycles. The van der Waals surface area contributed by atoms with Gasteiger partial charge in [-0.2, -0.15) is 0 Å². The zero-order valence-electron chi connectivity index (χ0n) is 12.7. The fourth-order valence-electron chi connectivity index (χ4n) is 2.72. The molecule has 0 saturated carbocycles.